The molecule has 2 aromatic heterocycles. The second-order valence-electron chi connectivity index (χ2n) is 7.23. The van der Waals surface area contributed by atoms with E-state index in [1.54, 1.807) is 6.33 Å². The summed E-state index contributed by atoms with van der Waals surface area (Å²) in [6.07, 6.45) is 5.76. The zero-order valence-corrected chi connectivity index (χ0v) is 17.6. The molecule has 0 aliphatic carbocycles. The number of hydrogen-bond donors (Lipinski definition) is 1. The van der Waals surface area contributed by atoms with Gasteiger partial charge in [0.2, 0.25) is 5.91 Å². The van der Waals surface area contributed by atoms with Crippen molar-refractivity contribution in [3.8, 4) is 11.1 Å². The molecule has 0 radical (unpaired) electrons. The van der Waals surface area contributed by atoms with E-state index in [1.807, 2.05) is 34.5 Å². The monoisotopic (exact) mass is 409 g/mol. The second-order valence-corrected chi connectivity index (χ2v) is 8.46. The lowest BCUT2D eigenvalue weighted by Gasteiger charge is -2.28. The fourth-order valence-corrected chi connectivity index (χ4v) is 4.59. The third-order valence-electron chi connectivity index (χ3n) is 5.19. The predicted octanol–water partition coefficient (Wildman–Crippen LogP) is 3.57. The summed E-state index contributed by atoms with van der Waals surface area (Å²) in [7, 11) is 0. The summed E-state index contributed by atoms with van der Waals surface area (Å²) in [4.78, 5) is 24.1. The van der Waals surface area contributed by atoms with Gasteiger partial charge in [0.05, 0.1) is 0 Å². The van der Waals surface area contributed by atoms with Gasteiger partial charge in [-0.15, -0.1) is 0 Å². The van der Waals surface area contributed by atoms with Crippen LogP contribution in [0.25, 0.3) is 22.2 Å². The summed E-state index contributed by atoms with van der Waals surface area (Å²) in [6.45, 7) is 5.04. The highest BCUT2D eigenvalue weighted by atomic mass is 32.2. The van der Waals surface area contributed by atoms with E-state index in [0.29, 0.717) is 6.54 Å². The molecule has 1 fully saturated rings. The number of unbranched alkanes of at least 4 members (excludes halogenated alkanes) is 1. The molecule has 0 saturated carbocycles. The Bertz CT molecular complexity index is 966. The first-order valence-corrected chi connectivity index (χ1v) is 11.4. The van der Waals surface area contributed by atoms with Crippen LogP contribution in [0.1, 0.15) is 19.8 Å². The van der Waals surface area contributed by atoms with Crippen LogP contribution >= 0.6 is 11.8 Å². The maximum atomic E-state index is 12.6. The van der Waals surface area contributed by atoms with Gasteiger partial charge in [0, 0.05) is 42.9 Å². The van der Waals surface area contributed by atoms with Crippen molar-refractivity contribution in [3.63, 3.8) is 0 Å². The van der Waals surface area contributed by atoms with Crippen LogP contribution in [0.15, 0.2) is 42.9 Å². The SMILES string of the molecule is CCCCNC(=O)Cn1cc(-c2ccccc2)c2ncnc(N3CCSCC3)c21. The van der Waals surface area contributed by atoms with Crippen LogP contribution in [0.2, 0.25) is 0 Å². The molecule has 1 aliphatic rings. The van der Waals surface area contributed by atoms with Crippen LogP contribution in [0.5, 0.6) is 0 Å². The zero-order valence-electron chi connectivity index (χ0n) is 16.8. The van der Waals surface area contributed by atoms with Gasteiger partial charge in [-0.1, -0.05) is 43.7 Å². The molecular weight excluding hydrogens is 382 g/mol. The Morgan fingerprint density at radius 3 is 2.72 bits per heavy atom. The Labute approximate surface area is 175 Å². The molecule has 0 bridgehead atoms. The van der Waals surface area contributed by atoms with Crippen molar-refractivity contribution in [3.05, 3.63) is 42.9 Å². The predicted molar refractivity (Wildman–Crippen MR) is 120 cm³/mol. The first-order valence-electron chi connectivity index (χ1n) is 10.3. The number of anilines is 1. The number of fused-ring (bicyclic) bond motifs is 1. The highest BCUT2D eigenvalue weighted by molar-refractivity contribution is 7.99. The van der Waals surface area contributed by atoms with Gasteiger partial charge >= 0.3 is 0 Å². The second kappa shape index (κ2) is 9.31. The molecule has 1 aromatic carbocycles. The van der Waals surface area contributed by atoms with E-state index >= 15 is 0 Å². The van der Waals surface area contributed by atoms with Crippen LogP contribution in [-0.2, 0) is 11.3 Å². The van der Waals surface area contributed by atoms with Gasteiger partial charge < -0.3 is 14.8 Å². The van der Waals surface area contributed by atoms with Gasteiger partial charge in [-0.05, 0) is 12.0 Å². The molecule has 1 saturated heterocycles. The number of amides is 1. The van der Waals surface area contributed by atoms with Gasteiger partial charge in [0.25, 0.3) is 0 Å². The number of hydrogen-bond acceptors (Lipinski definition) is 5. The molecule has 0 unspecified atom stereocenters. The summed E-state index contributed by atoms with van der Waals surface area (Å²) in [5.41, 5.74) is 3.99. The summed E-state index contributed by atoms with van der Waals surface area (Å²) in [5, 5.41) is 3.03. The molecular formula is C22H27N5OS. The number of rotatable bonds is 7. The van der Waals surface area contributed by atoms with E-state index in [1.165, 1.54) is 0 Å². The van der Waals surface area contributed by atoms with Gasteiger partial charge in [0.1, 0.15) is 23.9 Å². The van der Waals surface area contributed by atoms with Crippen molar-refractivity contribution in [2.45, 2.75) is 26.3 Å². The summed E-state index contributed by atoms with van der Waals surface area (Å²) in [6, 6.07) is 10.2. The van der Waals surface area contributed by atoms with Gasteiger partial charge in [-0.25, -0.2) is 9.97 Å². The first-order chi connectivity index (χ1) is 14.3. The highest BCUT2D eigenvalue weighted by Crippen LogP contribution is 2.34. The molecule has 6 nitrogen and oxygen atoms in total. The fraction of sp³-hybridized carbons (Fsp3) is 0.409. The number of nitrogens with zero attached hydrogens (tertiary/aromatic N) is 4. The van der Waals surface area contributed by atoms with E-state index in [2.05, 4.69) is 45.4 Å². The van der Waals surface area contributed by atoms with Crippen molar-refractivity contribution in [1.82, 2.24) is 19.9 Å². The maximum absolute atomic E-state index is 12.6. The van der Waals surface area contributed by atoms with Crippen molar-refractivity contribution in [2.24, 2.45) is 0 Å². The highest BCUT2D eigenvalue weighted by Gasteiger charge is 2.22. The van der Waals surface area contributed by atoms with E-state index in [-0.39, 0.29) is 12.5 Å². The van der Waals surface area contributed by atoms with Crippen LogP contribution < -0.4 is 10.2 Å². The number of benzene rings is 1. The Balaban J connectivity index is 1.76. The topological polar surface area (TPSA) is 63.1 Å². The number of carbonyl (C=O) groups excluding carboxylic acids is 1. The smallest absolute Gasteiger partial charge is 0.239 e. The number of carbonyl (C=O) groups is 1. The van der Waals surface area contributed by atoms with Gasteiger partial charge in [-0.3, -0.25) is 4.79 Å². The molecule has 4 rings (SSSR count). The van der Waals surface area contributed by atoms with E-state index in [4.69, 9.17) is 0 Å². The minimum absolute atomic E-state index is 0.0268. The van der Waals surface area contributed by atoms with E-state index < -0.39 is 0 Å². The third kappa shape index (κ3) is 4.40. The van der Waals surface area contributed by atoms with E-state index in [0.717, 1.165) is 65.4 Å². The van der Waals surface area contributed by atoms with Crippen LogP contribution in [0.4, 0.5) is 5.82 Å². The molecule has 0 spiro atoms. The lowest BCUT2D eigenvalue weighted by Crippen LogP contribution is -2.34. The first kappa shape index (κ1) is 19.8. The Morgan fingerprint density at radius 1 is 1.17 bits per heavy atom. The minimum atomic E-state index is 0.0268. The Hall–Kier alpha value is -2.54. The van der Waals surface area contributed by atoms with Crippen molar-refractivity contribution >= 4 is 34.5 Å². The Morgan fingerprint density at radius 2 is 1.97 bits per heavy atom. The average Bonchev–Trinajstić information content (AvgIpc) is 3.14. The molecule has 152 valence electrons. The number of nitrogens with one attached hydrogen (secondary N) is 1. The average molecular weight is 410 g/mol. The number of thioether (sulfide) groups is 1. The zero-order chi connectivity index (χ0) is 20.1. The molecule has 0 atom stereocenters. The molecule has 1 amide bonds. The largest absolute Gasteiger partial charge is 0.355 e. The van der Waals surface area contributed by atoms with Crippen LogP contribution in [0.3, 0.4) is 0 Å². The van der Waals surface area contributed by atoms with Crippen molar-refractivity contribution in [2.75, 3.05) is 36.0 Å². The number of aromatic nitrogens is 3. The van der Waals surface area contributed by atoms with Gasteiger partial charge in [-0.2, -0.15) is 11.8 Å². The minimum Gasteiger partial charge on any atom is -0.355 e. The molecule has 1 aliphatic heterocycles. The lowest BCUT2D eigenvalue weighted by atomic mass is 10.1. The summed E-state index contributed by atoms with van der Waals surface area (Å²) in [5.74, 6) is 3.14. The fourth-order valence-electron chi connectivity index (χ4n) is 3.69. The summed E-state index contributed by atoms with van der Waals surface area (Å²) >= 11 is 1.97. The molecule has 3 aromatic rings. The van der Waals surface area contributed by atoms with Crippen molar-refractivity contribution < 1.29 is 4.79 Å². The molecule has 7 heteroatoms. The molecule has 1 N–H and O–H groups in total. The van der Waals surface area contributed by atoms with Gasteiger partial charge in [0.15, 0.2) is 5.82 Å². The summed E-state index contributed by atoms with van der Waals surface area (Å²) < 4.78 is 2.02. The maximum Gasteiger partial charge on any atom is 0.239 e. The standard InChI is InChI=1S/C22H27N5OS/c1-2-3-9-23-19(28)15-27-14-18(17-7-5-4-6-8-17)20-21(27)22(25-16-24-20)26-10-12-29-13-11-26/h4-8,14,16H,2-3,9-13,15H2,1H3,(H,23,28). The van der Waals surface area contributed by atoms with E-state index in [9.17, 15) is 4.79 Å². The molecule has 29 heavy (non-hydrogen) atoms. The van der Waals surface area contributed by atoms with Crippen LogP contribution in [-0.4, -0.2) is 51.6 Å². The quantitative estimate of drug-likeness (QED) is 0.605. The Kier molecular flexibility index (Phi) is 6.34. The normalized spacial score (nSPS) is 14.3. The van der Waals surface area contributed by atoms with Crippen LogP contribution in [0, 0.1) is 0 Å². The third-order valence-corrected chi connectivity index (χ3v) is 6.13. The van der Waals surface area contributed by atoms with Crippen molar-refractivity contribution in [1.29, 1.82) is 0 Å². The molecule has 3 heterocycles. The lowest BCUT2D eigenvalue weighted by molar-refractivity contribution is -0.121.